The zero-order valence-electron chi connectivity index (χ0n) is 10.7. The zero-order chi connectivity index (χ0) is 12.1. The van der Waals surface area contributed by atoms with Gasteiger partial charge in [-0.1, -0.05) is 0 Å². The van der Waals surface area contributed by atoms with E-state index in [2.05, 4.69) is 10.2 Å². The molecule has 2 fully saturated rings. The highest BCUT2D eigenvalue weighted by Crippen LogP contribution is 2.17. The molecule has 5 nitrogen and oxygen atoms in total. The molecule has 0 saturated carbocycles. The molecule has 0 spiro atoms. The van der Waals surface area contributed by atoms with Crippen LogP contribution >= 0.6 is 0 Å². The van der Waals surface area contributed by atoms with Crippen LogP contribution in [0.2, 0.25) is 0 Å². The minimum Gasteiger partial charge on any atom is -0.379 e. The van der Waals surface area contributed by atoms with Gasteiger partial charge in [-0.15, -0.1) is 0 Å². The average molecular weight is 241 g/mol. The predicted molar refractivity (Wildman–Crippen MR) is 65.9 cm³/mol. The third kappa shape index (κ3) is 3.40. The van der Waals surface area contributed by atoms with Crippen LogP contribution in [-0.2, 0) is 9.53 Å². The fraction of sp³-hybridized carbons (Fsp3) is 0.917. The molecule has 2 rings (SSSR count). The number of hydrogen-bond donors (Lipinski definition) is 1. The molecule has 0 radical (unpaired) electrons. The Hall–Kier alpha value is -0.650. The number of likely N-dealkylation sites (tertiary alicyclic amines) is 1. The van der Waals surface area contributed by atoms with Crippen molar-refractivity contribution in [3.8, 4) is 0 Å². The third-order valence-corrected chi connectivity index (χ3v) is 3.71. The molecule has 1 N–H and O–H groups in total. The van der Waals surface area contributed by atoms with Crippen LogP contribution in [0.4, 0.5) is 0 Å². The number of amides is 1. The van der Waals surface area contributed by atoms with Crippen LogP contribution in [0.3, 0.4) is 0 Å². The molecular weight excluding hydrogens is 218 g/mol. The number of carbonyl (C=O) groups is 1. The van der Waals surface area contributed by atoms with E-state index >= 15 is 0 Å². The van der Waals surface area contributed by atoms with Gasteiger partial charge in [0.2, 0.25) is 5.91 Å². The summed E-state index contributed by atoms with van der Waals surface area (Å²) in [5, 5.41) is 2.92. The number of nitrogens with one attached hydrogen (secondary N) is 1. The first kappa shape index (κ1) is 12.8. The Labute approximate surface area is 103 Å². The topological polar surface area (TPSA) is 44.8 Å². The Balaban J connectivity index is 1.75. The predicted octanol–water partition coefficient (Wildman–Crippen LogP) is -0.471. The van der Waals surface area contributed by atoms with Crippen molar-refractivity contribution in [1.82, 2.24) is 15.1 Å². The summed E-state index contributed by atoms with van der Waals surface area (Å²) in [6.07, 6.45) is 2.21. The van der Waals surface area contributed by atoms with E-state index in [4.69, 9.17) is 4.74 Å². The highest BCUT2D eigenvalue weighted by molar-refractivity contribution is 5.78. The van der Waals surface area contributed by atoms with Crippen molar-refractivity contribution in [2.45, 2.75) is 18.9 Å². The monoisotopic (exact) mass is 241 g/mol. The van der Waals surface area contributed by atoms with Crippen molar-refractivity contribution in [1.29, 1.82) is 0 Å². The summed E-state index contributed by atoms with van der Waals surface area (Å²) in [5.41, 5.74) is 0. The molecule has 17 heavy (non-hydrogen) atoms. The standard InChI is InChI=1S/C12H23N3O2/c1-13-10-12(16)15-4-2-11(3-5-15)14-6-8-17-9-7-14/h11,13H,2-10H2,1H3. The summed E-state index contributed by atoms with van der Waals surface area (Å²) in [5.74, 6) is 0.230. The van der Waals surface area contributed by atoms with Crippen LogP contribution in [0, 0.1) is 0 Å². The summed E-state index contributed by atoms with van der Waals surface area (Å²) in [4.78, 5) is 16.2. The first-order valence-corrected chi connectivity index (χ1v) is 6.55. The molecule has 2 heterocycles. The van der Waals surface area contributed by atoms with Gasteiger partial charge in [0.1, 0.15) is 0 Å². The SMILES string of the molecule is CNCC(=O)N1CCC(N2CCOCC2)CC1. The van der Waals surface area contributed by atoms with Gasteiger partial charge in [-0.05, 0) is 19.9 Å². The van der Waals surface area contributed by atoms with Crippen molar-refractivity contribution in [2.75, 3.05) is 53.0 Å². The second-order valence-electron chi connectivity index (χ2n) is 4.79. The van der Waals surface area contributed by atoms with E-state index in [-0.39, 0.29) is 5.91 Å². The molecular formula is C12H23N3O2. The summed E-state index contributed by atoms with van der Waals surface area (Å²) in [6.45, 7) is 6.09. The summed E-state index contributed by atoms with van der Waals surface area (Å²) in [7, 11) is 1.82. The lowest BCUT2D eigenvalue weighted by atomic mass is 10.0. The smallest absolute Gasteiger partial charge is 0.236 e. The van der Waals surface area contributed by atoms with Gasteiger partial charge in [0.15, 0.2) is 0 Å². The Morgan fingerprint density at radius 2 is 1.88 bits per heavy atom. The molecule has 2 aliphatic heterocycles. The number of carbonyl (C=O) groups excluding carboxylic acids is 1. The Morgan fingerprint density at radius 3 is 2.47 bits per heavy atom. The van der Waals surface area contributed by atoms with Gasteiger partial charge in [0.25, 0.3) is 0 Å². The Bertz CT molecular complexity index is 246. The maximum Gasteiger partial charge on any atom is 0.236 e. The lowest BCUT2D eigenvalue weighted by Gasteiger charge is -2.40. The minimum atomic E-state index is 0.230. The summed E-state index contributed by atoms with van der Waals surface area (Å²) in [6, 6.07) is 0.650. The van der Waals surface area contributed by atoms with Crippen LogP contribution < -0.4 is 5.32 Å². The van der Waals surface area contributed by atoms with Gasteiger partial charge >= 0.3 is 0 Å². The van der Waals surface area contributed by atoms with Crippen LogP contribution in [0.25, 0.3) is 0 Å². The van der Waals surface area contributed by atoms with E-state index in [1.807, 2.05) is 11.9 Å². The fourth-order valence-electron chi connectivity index (χ4n) is 2.69. The minimum absolute atomic E-state index is 0.230. The Kier molecular flexibility index (Phi) is 4.76. The number of nitrogens with zero attached hydrogens (tertiary/aromatic N) is 2. The van der Waals surface area contributed by atoms with Crippen LogP contribution in [0.15, 0.2) is 0 Å². The number of piperidine rings is 1. The van der Waals surface area contributed by atoms with Gasteiger partial charge in [-0.3, -0.25) is 9.69 Å². The van der Waals surface area contributed by atoms with Crippen LogP contribution in [0.5, 0.6) is 0 Å². The maximum atomic E-state index is 11.7. The van der Waals surface area contributed by atoms with Crippen LogP contribution in [0.1, 0.15) is 12.8 Å². The molecule has 2 saturated heterocycles. The molecule has 5 heteroatoms. The van der Waals surface area contributed by atoms with Gasteiger partial charge in [0, 0.05) is 32.2 Å². The summed E-state index contributed by atoms with van der Waals surface area (Å²) >= 11 is 0. The summed E-state index contributed by atoms with van der Waals surface area (Å²) < 4.78 is 5.37. The molecule has 98 valence electrons. The van der Waals surface area contributed by atoms with E-state index in [1.165, 1.54) is 0 Å². The molecule has 0 unspecified atom stereocenters. The lowest BCUT2D eigenvalue weighted by Crippen LogP contribution is -2.51. The van der Waals surface area contributed by atoms with Crippen LogP contribution in [-0.4, -0.2) is 74.7 Å². The number of hydrogen-bond acceptors (Lipinski definition) is 4. The average Bonchev–Trinajstić information content (AvgIpc) is 2.40. The second kappa shape index (κ2) is 6.33. The van der Waals surface area contributed by atoms with E-state index < -0.39 is 0 Å². The number of likely N-dealkylation sites (N-methyl/N-ethyl adjacent to an activating group) is 1. The quantitative estimate of drug-likeness (QED) is 0.725. The van der Waals surface area contributed by atoms with E-state index in [0.717, 1.165) is 52.2 Å². The highest BCUT2D eigenvalue weighted by Gasteiger charge is 2.27. The third-order valence-electron chi connectivity index (χ3n) is 3.71. The molecule has 2 aliphatic rings. The first-order valence-electron chi connectivity index (χ1n) is 6.55. The normalized spacial score (nSPS) is 23.9. The van der Waals surface area contributed by atoms with E-state index in [0.29, 0.717) is 12.6 Å². The van der Waals surface area contributed by atoms with E-state index in [1.54, 1.807) is 0 Å². The van der Waals surface area contributed by atoms with Crippen molar-refractivity contribution < 1.29 is 9.53 Å². The second-order valence-corrected chi connectivity index (χ2v) is 4.79. The molecule has 0 aliphatic carbocycles. The molecule has 0 aromatic carbocycles. The maximum absolute atomic E-state index is 11.7. The molecule has 0 bridgehead atoms. The fourth-order valence-corrected chi connectivity index (χ4v) is 2.69. The number of morpholine rings is 1. The zero-order valence-corrected chi connectivity index (χ0v) is 10.7. The van der Waals surface area contributed by atoms with Crippen molar-refractivity contribution in [3.05, 3.63) is 0 Å². The highest BCUT2D eigenvalue weighted by atomic mass is 16.5. The van der Waals surface area contributed by atoms with Crippen molar-refractivity contribution in [2.24, 2.45) is 0 Å². The Morgan fingerprint density at radius 1 is 1.24 bits per heavy atom. The van der Waals surface area contributed by atoms with E-state index in [9.17, 15) is 4.79 Å². The first-order chi connectivity index (χ1) is 8.31. The molecule has 1 amide bonds. The molecule has 0 aromatic rings. The van der Waals surface area contributed by atoms with Gasteiger partial charge in [-0.25, -0.2) is 0 Å². The lowest BCUT2D eigenvalue weighted by molar-refractivity contribution is -0.132. The number of rotatable bonds is 3. The van der Waals surface area contributed by atoms with Gasteiger partial charge in [0.05, 0.1) is 19.8 Å². The number of ether oxygens (including phenoxy) is 1. The van der Waals surface area contributed by atoms with Gasteiger partial charge < -0.3 is 15.0 Å². The largest absolute Gasteiger partial charge is 0.379 e. The molecule has 0 atom stereocenters. The van der Waals surface area contributed by atoms with Gasteiger partial charge in [-0.2, -0.15) is 0 Å². The van der Waals surface area contributed by atoms with Crippen molar-refractivity contribution >= 4 is 5.91 Å². The molecule has 0 aromatic heterocycles. The van der Waals surface area contributed by atoms with Crippen molar-refractivity contribution in [3.63, 3.8) is 0 Å².